The van der Waals surface area contributed by atoms with Crippen LogP contribution in [0.15, 0.2) is 41.8 Å². The highest BCUT2D eigenvalue weighted by Crippen LogP contribution is 2.22. The van der Waals surface area contributed by atoms with Gasteiger partial charge in [0.1, 0.15) is 5.52 Å². The van der Waals surface area contributed by atoms with E-state index in [1.165, 1.54) is 17.3 Å². The van der Waals surface area contributed by atoms with Crippen LogP contribution >= 0.6 is 23.4 Å². The summed E-state index contributed by atoms with van der Waals surface area (Å²) in [6, 6.07) is 10.2. The fourth-order valence-electron chi connectivity index (χ4n) is 1.88. The van der Waals surface area contributed by atoms with Crippen LogP contribution in [0, 0.1) is 0 Å². The van der Waals surface area contributed by atoms with Crippen molar-refractivity contribution < 1.29 is 0 Å². The molecule has 0 saturated carbocycles. The molecule has 3 rings (SSSR count). The average molecular weight is 291 g/mol. The third-order valence-electron chi connectivity index (χ3n) is 2.78. The van der Waals surface area contributed by atoms with Gasteiger partial charge < -0.3 is 4.57 Å². The summed E-state index contributed by atoms with van der Waals surface area (Å²) < 4.78 is 1.98. The molecule has 0 spiro atoms. The minimum atomic E-state index is 0.404. The largest absolute Gasteiger partial charge is 0.311 e. The second-order valence-electron chi connectivity index (χ2n) is 4.03. The molecule has 3 aromatic rings. The summed E-state index contributed by atoms with van der Waals surface area (Å²) in [6.07, 6.45) is 3.68. The molecule has 0 saturated heterocycles. The molecule has 2 heterocycles. The first kappa shape index (κ1) is 12.4. The van der Waals surface area contributed by atoms with Crippen LogP contribution < -0.4 is 0 Å². The average Bonchev–Trinajstić information content (AvgIpc) is 2.83. The number of thioether (sulfide) groups is 1. The fourth-order valence-corrected chi connectivity index (χ4v) is 2.50. The zero-order chi connectivity index (χ0) is 13.2. The number of hydrogen-bond acceptors (Lipinski definition) is 4. The molecule has 0 amide bonds. The lowest BCUT2D eigenvalue weighted by molar-refractivity contribution is 0.804. The van der Waals surface area contributed by atoms with E-state index in [-0.39, 0.29) is 0 Å². The van der Waals surface area contributed by atoms with Gasteiger partial charge in [0.2, 0.25) is 0 Å². The van der Waals surface area contributed by atoms with Crippen LogP contribution in [-0.4, -0.2) is 25.8 Å². The minimum Gasteiger partial charge on any atom is -0.311 e. The molecule has 0 aliphatic carbocycles. The summed E-state index contributed by atoms with van der Waals surface area (Å²) in [4.78, 5) is 12.9. The first-order valence-corrected chi connectivity index (χ1v) is 7.34. The van der Waals surface area contributed by atoms with Crippen molar-refractivity contribution in [2.24, 2.45) is 0 Å². The molecular weight excluding hydrogens is 280 g/mol. The highest BCUT2D eigenvalue weighted by molar-refractivity contribution is 7.98. The van der Waals surface area contributed by atoms with Crippen molar-refractivity contribution >= 4 is 34.5 Å². The van der Waals surface area contributed by atoms with Gasteiger partial charge >= 0.3 is 0 Å². The first-order valence-electron chi connectivity index (χ1n) is 5.74. The van der Waals surface area contributed by atoms with Crippen LogP contribution in [0.5, 0.6) is 0 Å². The van der Waals surface area contributed by atoms with Gasteiger partial charge in [0.15, 0.2) is 16.0 Å². The molecule has 6 heteroatoms. The molecule has 0 aliphatic heterocycles. The third-order valence-corrected chi connectivity index (χ3v) is 3.59. The Morgan fingerprint density at radius 2 is 2.00 bits per heavy atom. The number of benzene rings is 1. The predicted molar refractivity (Wildman–Crippen MR) is 77.7 cm³/mol. The molecule has 19 heavy (non-hydrogen) atoms. The van der Waals surface area contributed by atoms with Crippen LogP contribution in [-0.2, 0) is 6.54 Å². The van der Waals surface area contributed by atoms with Gasteiger partial charge in [-0.1, -0.05) is 53.7 Å². The molecule has 4 nitrogen and oxygen atoms in total. The summed E-state index contributed by atoms with van der Waals surface area (Å²) in [6.45, 7) is 0.721. The van der Waals surface area contributed by atoms with E-state index < -0.39 is 0 Å². The molecular formula is C13H11ClN4S. The Kier molecular flexibility index (Phi) is 3.40. The van der Waals surface area contributed by atoms with Gasteiger partial charge in [0.25, 0.3) is 0 Å². The van der Waals surface area contributed by atoms with E-state index in [9.17, 15) is 0 Å². The Bertz CT molecular complexity index is 711. The third kappa shape index (κ3) is 2.43. The van der Waals surface area contributed by atoms with E-state index in [4.69, 9.17) is 11.6 Å². The molecule has 96 valence electrons. The van der Waals surface area contributed by atoms with Crippen LogP contribution in [0.2, 0.25) is 5.15 Å². The van der Waals surface area contributed by atoms with Crippen LogP contribution in [0.3, 0.4) is 0 Å². The number of rotatable bonds is 3. The van der Waals surface area contributed by atoms with Gasteiger partial charge in [0, 0.05) is 0 Å². The first-order chi connectivity index (χ1) is 9.28. The van der Waals surface area contributed by atoms with Crippen molar-refractivity contribution in [2.45, 2.75) is 11.7 Å². The lowest BCUT2D eigenvalue weighted by Gasteiger charge is -2.04. The van der Waals surface area contributed by atoms with Crippen molar-refractivity contribution in [3.63, 3.8) is 0 Å². The van der Waals surface area contributed by atoms with Crippen molar-refractivity contribution in [1.29, 1.82) is 0 Å². The van der Waals surface area contributed by atoms with Gasteiger partial charge in [0.05, 0.1) is 12.9 Å². The Morgan fingerprint density at radius 1 is 1.21 bits per heavy atom. The monoisotopic (exact) mass is 290 g/mol. The molecule has 0 N–H and O–H groups in total. The summed E-state index contributed by atoms with van der Waals surface area (Å²) in [7, 11) is 0. The fraction of sp³-hybridized carbons (Fsp3) is 0.154. The van der Waals surface area contributed by atoms with Gasteiger partial charge in [-0.15, -0.1) is 0 Å². The molecule has 0 unspecified atom stereocenters. The van der Waals surface area contributed by atoms with E-state index >= 15 is 0 Å². The summed E-state index contributed by atoms with van der Waals surface area (Å²) in [5, 5.41) is 1.06. The minimum absolute atomic E-state index is 0.404. The van der Waals surface area contributed by atoms with Crippen molar-refractivity contribution in [2.75, 3.05) is 6.26 Å². The number of fused-ring (bicyclic) bond motifs is 1. The second kappa shape index (κ2) is 5.19. The maximum Gasteiger partial charge on any atom is 0.190 e. The quantitative estimate of drug-likeness (QED) is 0.422. The van der Waals surface area contributed by atoms with Gasteiger partial charge in [-0.2, -0.15) is 0 Å². The summed E-state index contributed by atoms with van der Waals surface area (Å²) >= 11 is 7.59. The highest BCUT2D eigenvalue weighted by Gasteiger charge is 2.11. The van der Waals surface area contributed by atoms with E-state index in [2.05, 4.69) is 27.1 Å². The van der Waals surface area contributed by atoms with Gasteiger partial charge in [-0.25, -0.2) is 15.0 Å². The lowest BCUT2D eigenvalue weighted by Crippen LogP contribution is -2.00. The maximum atomic E-state index is 6.12. The van der Waals surface area contributed by atoms with Crippen molar-refractivity contribution in [3.8, 4) is 0 Å². The highest BCUT2D eigenvalue weighted by atomic mass is 35.5. The number of nitrogens with zero attached hydrogens (tertiary/aromatic N) is 4. The Labute approximate surface area is 119 Å². The van der Waals surface area contributed by atoms with Crippen LogP contribution in [0.1, 0.15) is 5.56 Å². The van der Waals surface area contributed by atoms with Crippen LogP contribution in [0.25, 0.3) is 11.2 Å². The van der Waals surface area contributed by atoms with E-state index in [1.807, 2.05) is 29.0 Å². The van der Waals surface area contributed by atoms with E-state index in [0.29, 0.717) is 15.8 Å². The zero-order valence-electron chi connectivity index (χ0n) is 10.2. The molecule has 0 atom stereocenters. The van der Waals surface area contributed by atoms with E-state index in [1.54, 1.807) is 6.33 Å². The van der Waals surface area contributed by atoms with Gasteiger partial charge in [-0.3, -0.25) is 0 Å². The molecule has 0 fully saturated rings. The van der Waals surface area contributed by atoms with Crippen LogP contribution in [0.4, 0.5) is 0 Å². The molecule has 1 aromatic carbocycles. The van der Waals surface area contributed by atoms with Gasteiger partial charge in [-0.05, 0) is 11.8 Å². The topological polar surface area (TPSA) is 43.6 Å². The Morgan fingerprint density at radius 3 is 2.74 bits per heavy atom. The normalized spacial score (nSPS) is 11.1. The second-order valence-corrected chi connectivity index (χ2v) is 5.16. The maximum absolute atomic E-state index is 6.12. The smallest absolute Gasteiger partial charge is 0.190 e. The Hall–Kier alpha value is -1.59. The van der Waals surface area contributed by atoms with Crippen molar-refractivity contribution in [1.82, 2.24) is 19.5 Å². The Balaban J connectivity index is 2.07. The molecule has 0 bridgehead atoms. The summed E-state index contributed by atoms with van der Waals surface area (Å²) in [5.74, 6) is 0. The number of halogens is 1. The van der Waals surface area contributed by atoms with E-state index in [0.717, 1.165) is 12.2 Å². The molecule has 0 radical (unpaired) electrons. The lowest BCUT2D eigenvalue weighted by atomic mass is 10.2. The number of aromatic nitrogens is 4. The molecule has 2 aromatic heterocycles. The number of hydrogen-bond donors (Lipinski definition) is 0. The SMILES string of the molecule is CSc1nc(Cl)c2ncn(Cc3ccccc3)c2n1. The predicted octanol–water partition coefficient (Wildman–Crippen LogP) is 3.25. The zero-order valence-corrected chi connectivity index (χ0v) is 11.8. The summed E-state index contributed by atoms with van der Waals surface area (Å²) in [5.41, 5.74) is 2.62. The van der Waals surface area contributed by atoms with Crippen molar-refractivity contribution in [3.05, 3.63) is 47.4 Å². The standard InChI is InChI=1S/C13H11ClN4S/c1-19-13-16-11(14)10-12(17-13)18(8-15-10)7-9-5-3-2-4-6-9/h2-6,8H,7H2,1H3. The molecule has 0 aliphatic rings. The number of imidazole rings is 1.